The molecule has 19 heavy (non-hydrogen) atoms. The van der Waals surface area contributed by atoms with Crippen LogP contribution in [0.3, 0.4) is 0 Å². The fraction of sp³-hybridized carbons (Fsp3) is 0.583. The Morgan fingerprint density at radius 1 is 1.63 bits per heavy atom. The van der Waals surface area contributed by atoms with Crippen molar-refractivity contribution in [1.29, 1.82) is 0 Å². The fourth-order valence-electron chi connectivity index (χ4n) is 2.12. The molecule has 1 N–H and O–H groups in total. The smallest absolute Gasteiger partial charge is 0.305 e. The summed E-state index contributed by atoms with van der Waals surface area (Å²) in [4.78, 5) is 24.3. The predicted molar refractivity (Wildman–Crippen MR) is 68.4 cm³/mol. The molecule has 7 nitrogen and oxygen atoms in total. The molecule has 1 unspecified atom stereocenters. The Morgan fingerprint density at radius 2 is 2.42 bits per heavy atom. The summed E-state index contributed by atoms with van der Waals surface area (Å²) in [6, 6.07) is 1.49. The van der Waals surface area contributed by atoms with Crippen molar-refractivity contribution in [3.8, 4) is 0 Å². The number of hydrogen-bond donors (Lipinski definition) is 1. The lowest BCUT2D eigenvalue weighted by molar-refractivity contribution is -0.137. The largest absolute Gasteiger partial charge is 0.481 e. The molecule has 0 spiro atoms. The van der Waals surface area contributed by atoms with Crippen LogP contribution in [0.25, 0.3) is 0 Å². The summed E-state index contributed by atoms with van der Waals surface area (Å²) in [5.41, 5.74) is 0.482. The van der Waals surface area contributed by atoms with E-state index in [2.05, 4.69) is 5.10 Å². The molecule has 7 heteroatoms. The standard InChI is InChI=1S/C12H17N3O4/c1-19-10-2-4-14(8-10)9-6-11(16)15(13-7-9)5-3-12(17)18/h6-7,10H,2-5,8H2,1H3,(H,17,18). The van der Waals surface area contributed by atoms with E-state index < -0.39 is 5.97 Å². The summed E-state index contributed by atoms with van der Waals surface area (Å²) in [5.74, 6) is -0.944. The SMILES string of the molecule is COC1CCN(c2cnn(CCC(=O)O)c(=O)c2)C1. The van der Waals surface area contributed by atoms with Gasteiger partial charge in [0.1, 0.15) is 0 Å². The molecule has 0 aromatic carbocycles. The third-order valence-corrected chi connectivity index (χ3v) is 3.24. The lowest BCUT2D eigenvalue weighted by atomic mass is 10.3. The second kappa shape index (κ2) is 5.83. The van der Waals surface area contributed by atoms with Gasteiger partial charge in [-0.25, -0.2) is 4.68 Å². The van der Waals surface area contributed by atoms with Crippen LogP contribution in [-0.2, 0) is 16.1 Å². The fourth-order valence-corrected chi connectivity index (χ4v) is 2.12. The van der Waals surface area contributed by atoms with Crippen LogP contribution < -0.4 is 10.5 Å². The molecule has 104 valence electrons. The van der Waals surface area contributed by atoms with Gasteiger partial charge in [0, 0.05) is 26.3 Å². The van der Waals surface area contributed by atoms with Crippen molar-refractivity contribution in [1.82, 2.24) is 9.78 Å². The second-order valence-electron chi connectivity index (χ2n) is 4.51. The highest BCUT2D eigenvalue weighted by Gasteiger charge is 2.22. The van der Waals surface area contributed by atoms with Gasteiger partial charge in [0.15, 0.2) is 0 Å². The molecule has 1 saturated heterocycles. The van der Waals surface area contributed by atoms with Crippen molar-refractivity contribution in [3.63, 3.8) is 0 Å². The first-order valence-electron chi connectivity index (χ1n) is 6.17. The molecular weight excluding hydrogens is 250 g/mol. The van der Waals surface area contributed by atoms with Gasteiger partial charge in [-0.3, -0.25) is 9.59 Å². The Labute approximate surface area is 110 Å². The molecule has 0 aliphatic carbocycles. The lowest BCUT2D eigenvalue weighted by Crippen LogP contribution is -2.28. The van der Waals surface area contributed by atoms with Crippen LogP contribution in [0.1, 0.15) is 12.8 Å². The van der Waals surface area contributed by atoms with Crippen LogP contribution in [0, 0.1) is 0 Å². The molecule has 0 saturated carbocycles. The quantitative estimate of drug-likeness (QED) is 0.804. The summed E-state index contributed by atoms with van der Waals surface area (Å²) >= 11 is 0. The van der Waals surface area contributed by atoms with E-state index in [0.29, 0.717) is 0 Å². The Kier molecular flexibility index (Phi) is 4.16. The van der Waals surface area contributed by atoms with Crippen LogP contribution in [0.5, 0.6) is 0 Å². The second-order valence-corrected chi connectivity index (χ2v) is 4.51. The maximum atomic E-state index is 11.8. The van der Waals surface area contributed by atoms with Crippen molar-refractivity contribution in [2.45, 2.75) is 25.5 Å². The first-order chi connectivity index (χ1) is 9.10. The van der Waals surface area contributed by atoms with E-state index >= 15 is 0 Å². The number of hydrogen-bond acceptors (Lipinski definition) is 5. The number of aromatic nitrogens is 2. The number of anilines is 1. The van der Waals surface area contributed by atoms with Crippen molar-refractivity contribution < 1.29 is 14.6 Å². The van der Waals surface area contributed by atoms with Gasteiger partial charge in [-0.1, -0.05) is 0 Å². The molecule has 1 aliphatic heterocycles. The molecule has 1 aromatic heterocycles. The van der Waals surface area contributed by atoms with Gasteiger partial charge >= 0.3 is 5.97 Å². The number of aliphatic carboxylic acids is 1. The maximum Gasteiger partial charge on any atom is 0.305 e. The zero-order valence-electron chi connectivity index (χ0n) is 10.8. The first-order valence-corrected chi connectivity index (χ1v) is 6.17. The number of carbonyl (C=O) groups is 1. The normalized spacial score (nSPS) is 18.8. The Balaban J connectivity index is 2.07. The van der Waals surface area contributed by atoms with Crippen molar-refractivity contribution in [3.05, 3.63) is 22.6 Å². The van der Waals surface area contributed by atoms with E-state index in [9.17, 15) is 9.59 Å². The molecule has 1 fully saturated rings. The third kappa shape index (κ3) is 3.31. The minimum absolute atomic E-state index is 0.0924. The van der Waals surface area contributed by atoms with E-state index in [-0.39, 0.29) is 24.6 Å². The summed E-state index contributed by atoms with van der Waals surface area (Å²) in [5, 5.41) is 12.6. The molecular formula is C12H17N3O4. The first kappa shape index (κ1) is 13.5. The summed E-state index contributed by atoms with van der Waals surface area (Å²) in [6.45, 7) is 1.67. The van der Waals surface area contributed by atoms with E-state index in [1.807, 2.05) is 4.90 Å². The summed E-state index contributed by atoms with van der Waals surface area (Å²) < 4.78 is 6.44. The Hall–Kier alpha value is -1.89. The number of rotatable bonds is 5. The van der Waals surface area contributed by atoms with Gasteiger partial charge in [-0.05, 0) is 6.42 Å². The van der Waals surface area contributed by atoms with Crippen LogP contribution >= 0.6 is 0 Å². The van der Waals surface area contributed by atoms with Gasteiger partial charge in [0.2, 0.25) is 0 Å². The number of carboxylic acids is 1. The topological polar surface area (TPSA) is 84.7 Å². The molecule has 2 heterocycles. The predicted octanol–water partition coefficient (Wildman–Crippen LogP) is -0.0569. The molecule has 2 rings (SSSR count). The Bertz CT molecular complexity index is 514. The van der Waals surface area contributed by atoms with Crippen molar-refractivity contribution >= 4 is 11.7 Å². The molecule has 0 bridgehead atoms. The molecule has 1 aromatic rings. The van der Waals surface area contributed by atoms with E-state index in [0.717, 1.165) is 25.2 Å². The van der Waals surface area contributed by atoms with Crippen LogP contribution in [0.15, 0.2) is 17.1 Å². The average molecular weight is 267 g/mol. The van der Waals surface area contributed by atoms with E-state index in [4.69, 9.17) is 9.84 Å². The molecule has 1 atom stereocenters. The highest BCUT2D eigenvalue weighted by Crippen LogP contribution is 2.19. The van der Waals surface area contributed by atoms with Crippen molar-refractivity contribution in [2.75, 3.05) is 25.1 Å². The number of ether oxygens (including phenoxy) is 1. The zero-order chi connectivity index (χ0) is 13.8. The van der Waals surface area contributed by atoms with Gasteiger partial charge in [-0.15, -0.1) is 0 Å². The van der Waals surface area contributed by atoms with Crippen LogP contribution in [-0.4, -0.2) is 47.2 Å². The van der Waals surface area contributed by atoms with Crippen LogP contribution in [0.4, 0.5) is 5.69 Å². The van der Waals surface area contributed by atoms with Gasteiger partial charge in [0.25, 0.3) is 5.56 Å². The minimum Gasteiger partial charge on any atom is -0.481 e. The molecule has 1 aliphatic rings. The Morgan fingerprint density at radius 3 is 3.00 bits per heavy atom. The number of carboxylic acid groups (broad SMARTS) is 1. The third-order valence-electron chi connectivity index (χ3n) is 3.24. The van der Waals surface area contributed by atoms with Gasteiger partial charge in [0.05, 0.1) is 31.0 Å². The van der Waals surface area contributed by atoms with Crippen molar-refractivity contribution in [2.24, 2.45) is 0 Å². The van der Waals surface area contributed by atoms with Crippen LogP contribution in [0.2, 0.25) is 0 Å². The van der Waals surface area contributed by atoms with Gasteiger partial charge < -0.3 is 14.7 Å². The maximum absolute atomic E-state index is 11.8. The monoisotopic (exact) mass is 267 g/mol. The lowest BCUT2D eigenvalue weighted by Gasteiger charge is -2.17. The summed E-state index contributed by atoms with van der Waals surface area (Å²) in [6.07, 6.45) is 2.61. The molecule has 0 amide bonds. The van der Waals surface area contributed by atoms with E-state index in [1.54, 1.807) is 13.3 Å². The molecule has 0 radical (unpaired) electrons. The van der Waals surface area contributed by atoms with E-state index in [1.165, 1.54) is 10.7 Å². The average Bonchev–Trinajstić information content (AvgIpc) is 2.85. The number of aryl methyl sites for hydroxylation is 1. The highest BCUT2D eigenvalue weighted by molar-refractivity contribution is 5.66. The zero-order valence-corrected chi connectivity index (χ0v) is 10.8. The number of methoxy groups -OCH3 is 1. The summed E-state index contributed by atoms with van der Waals surface area (Å²) in [7, 11) is 1.68. The minimum atomic E-state index is -0.944. The van der Waals surface area contributed by atoms with Gasteiger partial charge in [-0.2, -0.15) is 5.10 Å². The highest BCUT2D eigenvalue weighted by atomic mass is 16.5. The number of nitrogens with zero attached hydrogens (tertiary/aromatic N) is 3.